The van der Waals surface area contributed by atoms with E-state index in [1.165, 1.54) is 4.90 Å². The average molecular weight is 541 g/mol. The first-order chi connectivity index (χ1) is 18.4. The van der Waals surface area contributed by atoms with E-state index in [1.807, 2.05) is 26.0 Å². The van der Waals surface area contributed by atoms with Crippen molar-refractivity contribution >= 4 is 29.5 Å². The average Bonchev–Trinajstić information content (AvgIpc) is 2.86. The number of ether oxygens (including phenoxy) is 2. The molecule has 0 bridgehead atoms. The molecule has 0 aromatic heterocycles. The van der Waals surface area contributed by atoms with Crippen LogP contribution in [0.25, 0.3) is 0 Å². The lowest BCUT2D eigenvalue weighted by Gasteiger charge is -2.35. The van der Waals surface area contributed by atoms with E-state index < -0.39 is 41.5 Å². The van der Waals surface area contributed by atoms with E-state index in [1.54, 1.807) is 64.3 Å². The van der Waals surface area contributed by atoms with Gasteiger partial charge in [0.05, 0.1) is 7.11 Å². The molecule has 0 radical (unpaired) electrons. The van der Waals surface area contributed by atoms with Crippen molar-refractivity contribution in [1.29, 1.82) is 0 Å². The molecule has 2 rings (SSSR count). The van der Waals surface area contributed by atoms with E-state index >= 15 is 0 Å². The molecule has 10 nitrogen and oxygen atoms in total. The molecule has 0 aliphatic rings. The van der Waals surface area contributed by atoms with Crippen LogP contribution in [0.4, 0.5) is 10.5 Å². The number of nitrogens with zero attached hydrogens (tertiary/aromatic N) is 1. The van der Waals surface area contributed by atoms with Gasteiger partial charge in [0.1, 0.15) is 23.4 Å². The third-order valence-corrected chi connectivity index (χ3v) is 5.82. The monoisotopic (exact) mass is 540 g/mol. The van der Waals surface area contributed by atoms with Crippen LogP contribution in [0.2, 0.25) is 0 Å². The maximum Gasteiger partial charge on any atom is 0.408 e. The number of nitrogens with one attached hydrogen (secondary N) is 2. The van der Waals surface area contributed by atoms with E-state index in [0.29, 0.717) is 23.4 Å². The molecule has 0 saturated heterocycles. The van der Waals surface area contributed by atoms with Gasteiger partial charge in [-0.05, 0) is 75.9 Å². The predicted octanol–water partition coefficient (Wildman–Crippen LogP) is 4.08. The van der Waals surface area contributed by atoms with Gasteiger partial charge in [-0.1, -0.05) is 31.2 Å². The number of hydrogen-bond donors (Lipinski definition) is 3. The van der Waals surface area contributed by atoms with Gasteiger partial charge in [-0.15, -0.1) is 0 Å². The molecule has 0 aliphatic carbocycles. The van der Waals surface area contributed by atoms with Gasteiger partial charge in [-0.25, -0.2) is 4.79 Å². The van der Waals surface area contributed by atoms with Crippen LogP contribution in [-0.2, 0) is 19.1 Å². The number of aryl methyl sites for hydroxylation is 1. The molecule has 2 aromatic carbocycles. The second kappa shape index (κ2) is 14.2. The molecule has 10 heteroatoms. The summed E-state index contributed by atoms with van der Waals surface area (Å²) in [5.74, 6) is -0.936. The van der Waals surface area contributed by atoms with Crippen LogP contribution >= 0.6 is 0 Å². The summed E-state index contributed by atoms with van der Waals surface area (Å²) < 4.78 is 10.5. The maximum atomic E-state index is 14.0. The molecule has 39 heavy (non-hydrogen) atoms. The summed E-state index contributed by atoms with van der Waals surface area (Å²) in [5, 5.41) is 5.48. The second-order valence-electron chi connectivity index (χ2n) is 10.2. The van der Waals surface area contributed by atoms with Crippen molar-refractivity contribution in [1.82, 2.24) is 10.2 Å². The van der Waals surface area contributed by atoms with Crippen LogP contribution in [-0.4, -0.2) is 54.0 Å². The van der Waals surface area contributed by atoms with Gasteiger partial charge in [-0.2, -0.15) is 0 Å². The predicted molar refractivity (Wildman–Crippen MR) is 149 cm³/mol. The molecular weight excluding hydrogens is 500 g/mol. The Kier molecular flexibility index (Phi) is 11.3. The zero-order chi connectivity index (χ0) is 29.2. The molecule has 212 valence electrons. The number of methoxy groups -OCH3 is 1. The largest absolute Gasteiger partial charge is 0.497 e. The van der Waals surface area contributed by atoms with Gasteiger partial charge in [0.25, 0.3) is 5.91 Å². The van der Waals surface area contributed by atoms with Gasteiger partial charge in [0, 0.05) is 18.7 Å². The first kappa shape index (κ1) is 31.1. The molecule has 0 saturated carbocycles. The van der Waals surface area contributed by atoms with Crippen molar-refractivity contribution in [3.05, 3.63) is 59.7 Å². The number of hydrogen-bond acceptors (Lipinski definition) is 6. The number of carbonyl (C=O) groups is 4. The fraction of sp³-hybridized carbons (Fsp3) is 0.448. The zero-order valence-electron chi connectivity index (χ0n) is 23.6. The first-order valence-electron chi connectivity index (χ1n) is 12.9. The number of benzene rings is 2. The summed E-state index contributed by atoms with van der Waals surface area (Å²) >= 11 is 0. The van der Waals surface area contributed by atoms with Crippen molar-refractivity contribution in [2.45, 2.75) is 71.6 Å². The van der Waals surface area contributed by atoms with Crippen molar-refractivity contribution in [2.24, 2.45) is 5.73 Å². The molecule has 0 heterocycles. The number of alkyl carbamates (subject to hydrolysis) is 1. The summed E-state index contributed by atoms with van der Waals surface area (Å²) in [5.41, 5.74) is 6.53. The lowest BCUT2D eigenvalue weighted by molar-refractivity contribution is -0.141. The second-order valence-corrected chi connectivity index (χ2v) is 10.2. The van der Waals surface area contributed by atoms with Crippen LogP contribution in [0.1, 0.15) is 64.1 Å². The van der Waals surface area contributed by atoms with Gasteiger partial charge in [0.15, 0.2) is 0 Å². The Morgan fingerprint density at radius 1 is 1.03 bits per heavy atom. The number of anilines is 1. The normalized spacial score (nSPS) is 12.6. The van der Waals surface area contributed by atoms with Gasteiger partial charge in [0.2, 0.25) is 11.8 Å². The van der Waals surface area contributed by atoms with Gasteiger partial charge < -0.3 is 30.7 Å². The van der Waals surface area contributed by atoms with Gasteiger partial charge >= 0.3 is 6.09 Å². The maximum absolute atomic E-state index is 14.0. The SMILES string of the molecule is CCCN(C(=O)C(CCC(N)=O)NC(=O)OC(C)(C)C)C(C(=O)Nc1ccc(OC)cc1)c1ccccc1C. The van der Waals surface area contributed by atoms with Crippen molar-refractivity contribution in [3.8, 4) is 5.75 Å². The van der Waals surface area contributed by atoms with Crippen LogP contribution < -0.4 is 21.1 Å². The summed E-state index contributed by atoms with van der Waals surface area (Å²) in [7, 11) is 1.55. The molecule has 4 N–H and O–H groups in total. The number of carbonyl (C=O) groups excluding carboxylic acids is 4. The van der Waals surface area contributed by atoms with E-state index in [0.717, 1.165) is 5.56 Å². The van der Waals surface area contributed by atoms with Crippen LogP contribution in [0.5, 0.6) is 5.75 Å². The van der Waals surface area contributed by atoms with E-state index in [4.69, 9.17) is 15.2 Å². The van der Waals surface area contributed by atoms with Crippen LogP contribution in [0.3, 0.4) is 0 Å². The molecule has 2 unspecified atom stereocenters. The number of nitrogens with two attached hydrogens (primary N) is 1. The molecule has 0 aliphatic heterocycles. The molecule has 2 aromatic rings. The van der Waals surface area contributed by atoms with E-state index in [-0.39, 0.29) is 19.4 Å². The highest BCUT2D eigenvalue weighted by molar-refractivity contribution is 5.99. The van der Waals surface area contributed by atoms with Gasteiger partial charge in [-0.3, -0.25) is 14.4 Å². The molecule has 4 amide bonds. The summed E-state index contributed by atoms with van der Waals surface area (Å²) in [6.45, 7) is 9.07. The zero-order valence-corrected chi connectivity index (χ0v) is 23.6. The number of amides is 4. The minimum absolute atomic E-state index is 0.0474. The third kappa shape index (κ3) is 9.63. The third-order valence-electron chi connectivity index (χ3n) is 5.82. The first-order valence-corrected chi connectivity index (χ1v) is 12.9. The fourth-order valence-electron chi connectivity index (χ4n) is 4.03. The Labute approximate surface area is 230 Å². The fourth-order valence-corrected chi connectivity index (χ4v) is 4.03. The van der Waals surface area contributed by atoms with E-state index in [2.05, 4.69) is 10.6 Å². The Morgan fingerprint density at radius 2 is 1.67 bits per heavy atom. The van der Waals surface area contributed by atoms with Crippen molar-refractivity contribution in [2.75, 3.05) is 19.0 Å². The lowest BCUT2D eigenvalue weighted by atomic mass is 9.97. The van der Waals surface area contributed by atoms with Crippen LogP contribution in [0.15, 0.2) is 48.5 Å². The summed E-state index contributed by atoms with van der Waals surface area (Å²) in [4.78, 5) is 53.5. The van der Waals surface area contributed by atoms with Crippen molar-refractivity contribution in [3.63, 3.8) is 0 Å². The smallest absolute Gasteiger partial charge is 0.408 e. The molecule has 0 fully saturated rings. The minimum Gasteiger partial charge on any atom is -0.497 e. The molecular formula is C29H40N4O6. The Bertz CT molecular complexity index is 1140. The quantitative estimate of drug-likeness (QED) is 0.371. The Balaban J connectivity index is 2.49. The van der Waals surface area contributed by atoms with Crippen molar-refractivity contribution < 1.29 is 28.7 Å². The summed E-state index contributed by atoms with van der Waals surface area (Å²) in [6, 6.07) is 12.0. The highest BCUT2D eigenvalue weighted by Crippen LogP contribution is 2.28. The molecule has 0 spiro atoms. The number of primary amides is 1. The standard InChI is InChI=1S/C29H40N4O6/c1-7-18-33(27(36)23(16-17-24(30)34)32-28(37)39-29(3,4)5)25(22-11-9-8-10-19(22)2)26(35)31-20-12-14-21(38-6)15-13-20/h8-15,23,25H,7,16-18H2,1-6H3,(H2,30,34)(H,31,35)(H,32,37). The molecule has 2 atom stereocenters. The highest BCUT2D eigenvalue weighted by atomic mass is 16.6. The highest BCUT2D eigenvalue weighted by Gasteiger charge is 2.36. The number of rotatable bonds is 12. The minimum atomic E-state index is -1.14. The lowest BCUT2D eigenvalue weighted by Crippen LogP contribution is -2.53. The topological polar surface area (TPSA) is 140 Å². The Morgan fingerprint density at radius 3 is 2.21 bits per heavy atom. The Hall–Kier alpha value is -4.08. The summed E-state index contributed by atoms with van der Waals surface area (Å²) in [6.07, 6.45) is -0.455. The van der Waals surface area contributed by atoms with Crippen LogP contribution in [0, 0.1) is 6.92 Å². The van der Waals surface area contributed by atoms with E-state index in [9.17, 15) is 19.2 Å².